The molecule has 7 heteroatoms. The molecule has 0 aliphatic heterocycles. The third kappa shape index (κ3) is 7.13. The molecule has 2 rings (SSSR count). The van der Waals surface area contributed by atoms with Crippen LogP contribution >= 0.6 is 0 Å². The maximum Gasteiger partial charge on any atom is 0.408 e. The molecule has 0 saturated carbocycles. The molecule has 1 atom stereocenters. The number of amides is 1. The molecule has 0 fully saturated rings. The van der Waals surface area contributed by atoms with Gasteiger partial charge >= 0.3 is 12.1 Å². The molecule has 146 valence electrons. The molecule has 0 bridgehead atoms. The van der Waals surface area contributed by atoms with Gasteiger partial charge in [-0.2, -0.15) is 0 Å². The number of hydrogen-bond donors (Lipinski definition) is 1. The third-order valence-corrected chi connectivity index (χ3v) is 3.54. The van der Waals surface area contributed by atoms with Crippen LogP contribution in [0.15, 0.2) is 41.0 Å². The van der Waals surface area contributed by atoms with E-state index in [1.54, 1.807) is 20.8 Å². The minimum atomic E-state index is -0.966. The summed E-state index contributed by atoms with van der Waals surface area (Å²) in [5.41, 5.74) is 0.950. The number of nitrogens with one attached hydrogen (secondary N) is 1. The number of oxazole rings is 1. The number of esters is 1. The van der Waals surface area contributed by atoms with Crippen molar-refractivity contribution >= 4 is 12.1 Å². The zero-order chi connectivity index (χ0) is 19.9. The quantitative estimate of drug-likeness (QED) is 0.747. The van der Waals surface area contributed by atoms with Crippen molar-refractivity contribution in [3.8, 4) is 0 Å². The van der Waals surface area contributed by atoms with E-state index in [0.29, 0.717) is 12.3 Å². The highest BCUT2D eigenvalue weighted by Crippen LogP contribution is 2.11. The van der Waals surface area contributed by atoms with Crippen molar-refractivity contribution in [2.75, 3.05) is 0 Å². The van der Waals surface area contributed by atoms with E-state index in [0.717, 1.165) is 11.3 Å². The average molecular weight is 374 g/mol. The van der Waals surface area contributed by atoms with Crippen molar-refractivity contribution in [3.63, 3.8) is 0 Å². The minimum absolute atomic E-state index is 0.0763. The zero-order valence-corrected chi connectivity index (χ0v) is 16.2. The number of aromatic nitrogens is 1. The van der Waals surface area contributed by atoms with Gasteiger partial charge in [0.15, 0.2) is 5.89 Å². The van der Waals surface area contributed by atoms with Gasteiger partial charge in [0.1, 0.15) is 24.5 Å². The lowest BCUT2D eigenvalue weighted by Gasteiger charge is -2.22. The van der Waals surface area contributed by atoms with Crippen LogP contribution in [0.3, 0.4) is 0 Å². The lowest BCUT2D eigenvalue weighted by atomic mass is 10.2. The molecule has 1 amide bonds. The molecule has 1 heterocycles. The van der Waals surface area contributed by atoms with Crippen LogP contribution in [0.5, 0.6) is 0 Å². The summed E-state index contributed by atoms with van der Waals surface area (Å²) in [6.07, 6.45) is 1.63. The summed E-state index contributed by atoms with van der Waals surface area (Å²) in [5.74, 6) is -0.231. The van der Waals surface area contributed by atoms with Crippen LogP contribution in [-0.4, -0.2) is 28.7 Å². The molecule has 0 radical (unpaired) electrons. The normalized spacial score (nSPS) is 12.3. The van der Waals surface area contributed by atoms with Gasteiger partial charge in [0.25, 0.3) is 0 Å². The van der Waals surface area contributed by atoms with Crippen molar-refractivity contribution in [1.29, 1.82) is 0 Å². The van der Waals surface area contributed by atoms with Crippen molar-refractivity contribution < 1.29 is 23.5 Å². The second-order valence-electron chi connectivity index (χ2n) is 7.08. The molecule has 0 unspecified atom stereocenters. The van der Waals surface area contributed by atoms with E-state index >= 15 is 0 Å². The Bertz CT molecular complexity index is 749. The second-order valence-corrected chi connectivity index (χ2v) is 7.08. The van der Waals surface area contributed by atoms with Crippen LogP contribution in [0, 0.1) is 0 Å². The molecule has 0 aliphatic rings. The summed E-state index contributed by atoms with van der Waals surface area (Å²) in [4.78, 5) is 28.9. The molecule has 2 aromatic rings. The van der Waals surface area contributed by atoms with Crippen molar-refractivity contribution in [2.45, 2.75) is 58.8 Å². The van der Waals surface area contributed by atoms with Gasteiger partial charge < -0.3 is 19.2 Å². The van der Waals surface area contributed by atoms with Crippen LogP contribution in [0.4, 0.5) is 4.79 Å². The van der Waals surface area contributed by atoms with Crippen LogP contribution in [-0.2, 0) is 33.7 Å². The molecule has 1 N–H and O–H groups in total. The minimum Gasteiger partial charge on any atom is -0.459 e. The molecular weight excluding hydrogens is 348 g/mol. The molecule has 1 aromatic heterocycles. The number of alkyl carbamates (subject to hydrolysis) is 1. The molecule has 0 aliphatic carbocycles. The Morgan fingerprint density at radius 1 is 1.22 bits per heavy atom. The van der Waals surface area contributed by atoms with E-state index in [-0.39, 0.29) is 13.0 Å². The summed E-state index contributed by atoms with van der Waals surface area (Å²) >= 11 is 0. The molecule has 7 nitrogen and oxygen atoms in total. The van der Waals surface area contributed by atoms with E-state index in [1.807, 2.05) is 37.3 Å². The fourth-order valence-corrected chi connectivity index (χ4v) is 2.25. The highest BCUT2D eigenvalue weighted by Gasteiger charge is 2.27. The topological polar surface area (TPSA) is 90.7 Å². The Balaban J connectivity index is 2.04. The van der Waals surface area contributed by atoms with E-state index in [2.05, 4.69) is 10.3 Å². The van der Waals surface area contributed by atoms with Crippen molar-refractivity contribution in [1.82, 2.24) is 10.3 Å². The Hall–Kier alpha value is -2.83. The number of carbonyl (C=O) groups excluding carboxylic acids is 2. The first-order valence-electron chi connectivity index (χ1n) is 8.90. The van der Waals surface area contributed by atoms with E-state index < -0.39 is 23.7 Å². The highest BCUT2D eigenvalue weighted by atomic mass is 16.6. The maximum absolute atomic E-state index is 12.5. The fourth-order valence-electron chi connectivity index (χ4n) is 2.25. The Morgan fingerprint density at radius 3 is 2.52 bits per heavy atom. The van der Waals surface area contributed by atoms with E-state index in [1.165, 1.54) is 6.26 Å². The number of carbonyl (C=O) groups is 2. The van der Waals surface area contributed by atoms with Crippen LogP contribution in [0.25, 0.3) is 0 Å². The lowest BCUT2D eigenvalue weighted by Crippen LogP contribution is -2.45. The molecule has 27 heavy (non-hydrogen) atoms. The Kier molecular flexibility index (Phi) is 6.98. The number of benzene rings is 1. The SMILES string of the molecule is CCc1coc(C[C@H](NC(=O)OC(C)(C)C)C(=O)OCc2ccccc2)n1. The summed E-state index contributed by atoms with van der Waals surface area (Å²) < 4.78 is 16.0. The van der Waals surface area contributed by atoms with E-state index in [9.17, 15) is 9.59 Å². The second kappa shape index (κ2) is 9.21. The summed E-state index contributed by atoms with van der Waals surface area (Å²) in [7, 11) is 0. The van der Waals surface area contributed by atoms with Gasteiger partial charge in [-0.25, -0.2) is 14.6 Å². The van der Waals surface area contributed by atoms with Gasteiger partial charge in [-0.3, -0.25) is 0 Å². The number of aryl methyl sites for hydroxylation is 1. The fraction of sp³-hybridized carbons (Fsp3) is 0.450. The predicted octanol–water partition coefficient (Wildman–Crippen LogP) is 3.42. The Labute approximate surface area is 159 Å². The standard InChI is InChI=1S/C20H26N2O5/c1-5-15-13-25-17(21-15)11-16(22-19(24)27-20(2,3)4)18(23)26-12-14-9-7-6-8-10-14/h6-10,13,16H,5,11-12H2,1-4H3,(H,22,24)/t16-/m0/s1. The molecule has 0 spiro atoms. The number of nitrogens with zero attached hydrogens (tertiary/aromatic N) is 1. The Morgan fingerprint density at radius 2 is 1.93 bits per heavy atom. The number of rotatable bonds is 7. The average Bonchev–Trinajstić information content (AvgIpc) is 3.06. The van der Waals surface area contributed by atoms with Gasteiger partial charge in [0.2, 0.25) is 0 Å². The zero-order valence-electron chi connectivity index (χ0n) is 16.2. The lowest BCUT2D eigenvalue weighted by molar-refractivity contribution is -0.147. The number of ether oxygens (including phenoxy) is 2. The smallest absolute Gasteiger partial charge is 0.408 e. The van der Waals surface area contributed by atoms with Gasteiger partial charge in [-0.15, -0.1) is 0 Å². The van der Waals surface area contributed by atoms with Crippen molar-refractivity contribution in [2.24, 2.45) is 0 Å². The van der Waals surface area contributed by atoms with Crippen molar-refractivity contribution in [3.05, 3.63) is 53.7 Å². The highest BCUT2D eigenvalue weighted by molar-refractivity contribution is 5.81. The molecule has 0 saturated heterocycles. The first-order valence-corrected chi connectivity index (χ1v) is 8.90. The summed E-state index contributed by atoms with van der Waals surface area (Å²) in [5, 5.41) is 2.55. The van der Waals surface area contributed by atoms with Gasteiger partial charge in [0, 0.05) is 0 Å². The maximum atomic E-state index is 12.5. The number of hydrogen-bond acceptors (Lipinski definition) is 6. The first kappa shape index (κ1) is 20.5. The van der Waals surface area contributed by atoms with Crippen LogP contribution < -0.4 is 5.32 Å². The third-order valence-electron chi connectivity index (χ3n) is 3.54. The van der Waals surface area contributed by atoms with Gasteiger partial charge in [-0.05, 0) is 32.8 Å². The molecular formula is C20H26N2O5. The van der Waals surface area contributed by atoms with Gasteiger partial charge in [0.05, 0.1) is 12.1 Å². The van der Waals surface area contributed by atoms with Gasteiger partial charge in [-0.1, -0.05) is 37.3 Å². The first-order chi connectivity index (χ1) is 12.8. The van der Waals surface area contributed by atoms with Crippen LogP contribution in [0.1, 0.15) is 44.8 Å². The summed E-state index contributed by atoms with van der Waals surface area (Å²) in [6, 6.07) is 8.34. The predicted molar refractivity (Wildman–Crippen MR) is 99.0 cm³/mol. The van der Waals surface area contributed by atoms with Crippen LogP contribution in [0.2, 0.25) is 0 Å². The summed E-state index contributed by atoms with van der Waals surface area (Å²) in [6.45, 7) is 7.30. The monoisotopic (exact) mass is 374 g/mol. The largest absolute Gasteiger partial charge is 0.459 e. The molecule has 1 aromatic carbocycles. The van der Waals surface area contributed by atoms with E-state index in [4.69, 9.17) is 13.9 Å².